The number of hydrogen-bond acceptors (Lipinski definition) is 7. The van der Waals surface area contributed by atoms with E-state index in [-0.39, 0.29) is 18.1 Å². The molecular formula is C22H18FN3O4S. The van der Waals surface area contributed by atoms with Crippen LogP contribution in [0.25, 0.3) is 16.3 Å². The molecule has 0 spiro atoms. The minimum atomic E-state index is -0.560. The number of thiazole rings is 1. The van der Waals surface area contributed by atoms with Crippen LogP contribution in [0.15, 0.2) is 60.4 Å². The molecule has 4 aromatic rings. The Balaban J connectivity index is 1.49. The van der Waals surface area contributed by atoms with Gasteiger partial charge in [0.15, 0.2) is 17.2 Å². The maximum Gasteiger partial charge on any atom is 0.357 e. The van der Waals surface area contributed by atoms with Crippen LogP contribution >= 0.6 is 11.3 Å². The van der Waals surface area contributed by atoms with Gasteiger partial charge >= 0.3 is 5.97 Å². The van der Waals surface area contributed by atoms with Gasteiger partial charge < -0.3 is 14.2 Å². The van der Waals surface area contributed by atoms with Crippen LogP contribution in [0, 0.1) is 5.82 Å². The van der Waals surface area contributed by atoms with Crippen molar-refractivity contribution in [3.05, 3.63) is 77.6 Å². The molecule has 0 radical (unpaired) electrons. The van der Waals surface area contributed by atoms with E-state index in [4.69, 9.17) is 14.2 Å². The quantitative estimate of drug-likeness (QED) is 0.395. The van der Waals surface area contributed by atoms with Gasteiger partial charge in [-0.15, -0.1) is 11.3 Å². The number of para-hydroxylation sites is 1. The molecule has 0 saturated carbocycles. The Morgan fingerprint density at radius 1 is 1.13 bits per heavy atom. The van der Waals surface area contributed by atoms with E-state index in [0.717, 1.165) is 10.6 Å². The first-order valence-corrected chi connectivity index (χ1v) is 10.1. The van der Waals surface area contributed by atoms with Crippen LogP contribution in [0.5, 0.6) is 11.5 Å². The van der Waals surface area contributed by atoms with Crippen LogP contribution in [0.4, 0.5) is 4.39 Å². The molecule has 158 valence electrons. The lowest BCUT2D eigenvalue weighted by atomic mass is 10.2. The third-order valence-electron chi connectivity index (χ3n) is 4.49. The summed E-state index contributed by atoms with van der Waals surface area (Å²) >= 11 is 1.41. The number of imidazole rings is 1. The van der Waals surface area contributed by atoms with Gasteiger partial charge in [0.2, 0.25) is 0 Å². The van der Waals surface area contributed by atoms with Crippen molar-refractivity contribution in [3.8, 4) is 27.8 Å². The van der Waals surface area contributed by atoms with Crippen LogP contribution in [0.2, 0.25) is 0 Å². The van der Waals surface area contributed by atoms with E-state index >= 15 is 0 Å². The van der Waals surface area contributed by atoms with Crippen LogP contribution in [0.1, 0.15) is 16.2 Å². The minimum Gasteiger partial charge on any atom is -0.493 e. The molecule has 0 amide bonds. The van der Waals surface area contributed by atoms with Gasteiger partial charge in [0.25, 0.3) is 0 Å². The van der Waals surface area contributed by atoms with E-state index < -0.39 is 5.97 Å². The molecule has 7 nitrogen and oxygen atoms in total. The Kier molecular flexibility index (Phi) is 5.94. The molecule has 0 aliphatic heterocycles. The summed E-state index contributed by atoms with van der Waals surface area (Å²) in [4.78, 5) is 21.1. The molecule has 9 heteroatoms. The topological polar surface area (TPSA) is 75.5 Å². The van der Waals surface area contributed by atoms with Gasteiger partial charge in [-0.3, -0.25) is 4.57 Å². The monoisotopic (exact) mass is 439 g/mol. The second-order valence-corrected chi connectivity index (χ2v) is 7.24. The highest BCUT2D eigenvalue weighted by Crippen LogP contribution is 2.39. The number of halogens is 1. The van der Waals surface area contributed by atoms with E-state index in [1.807, 2.05) is 23.6 Å². The fourth-order valence-corrected chi connectivity index (χ4v) is 3.85. The average molecular weight is 439 g/mol. The molecule has 0 atom stereocenters. The van der Waals surface area contributed by atoms with Crippen LogP contribution in [-0.4, -0.2) is 34.7 Å². The van der Waals surface area contributed by atoms with Crippen LogP contribution < -0.4 is 9.47 Å². The van der Waals surface area contributed by atoms with Crippen molar-refractivity contribution < 1.29 is 23.4 Å². The van der Waals surface area contributed by atoms with E-state index in [1.165, 1.54) is 40.6 Å². The summed E-state index contributed by atoms with van der Waals surface area (Å²) in [6.07, 6.45) is 2.87. The molecule has 2 heterocycles. The standard InChI is InChI=1S/C22H18FN3O4S/c1-28-19-5-3-4-17(20(19)29-2)21-25-15(12-31-21)11-30-22(27)18-10-24-13-26(18)16-8-6-14(23)7-9-16/h3-10,12-13H,11H2,1-2H3. The van der Waals surface area contributed by atoms with Gasteiger partial charge in [-0.25, -0.2) is 19.2 Å². The Hall–Kier alpha value is -3.72. The largest absolute Gasteiger partial charge is 0.493 e. The van der Waals surface area contributed by atoms with Crippen molar-refractivity contribution in [1.82, 2.24) is 14.5 Å². The highest BCUT2D eigenvalue weighted by atomic mass is 32.1. The van der Waals surface area contributed by atoms with Gasteiger partial charge in [0.05, 0.1) is 38.0 Å². The second kappa shape index (κ2) is 8.97. The Labute approximate surface area is 181 Å². The number of nitrogens with zero attached hydrogens (tertiary/aromatic N) is 3. The molecule has 0 N–H and O–H groups in total. The SMILES string of the molecule is COc1cccc(-c2nc(COC(=O)c3cncn3-c3ccc(F)cc3)cs2)c1OC. The van der Waals surface area contributed by atoms with E-state index in [1.54, 1.807) is 26.4 Å². The lowest BCUT2D eigenvalue weighted by Gasteiger charge is -2.10. The van der Waals surface area contributed by atoms with Gasteiger partial charge in [0, 0.05) is 11.1 Å². The number of hydrogen-bond donors (Lipinski definition) is 0. The number of carbonyl (C=O) groups is 1. The third-order valence-corrected chi connectivity index (χ3v) is 5.41. The fraction of sp³-hybridized carbons (Fsp3) is 0.136. The molecule has 0 unspecified atom stereocenters. The molecule has 0 fully saturated rings. The second-order valence-electron chi connectivity index (χ2n) is 6.39. The molecule has 0 saturated heterocycles. The first kappa shape index (κ1) is 20.5. The number of carbonyl (C=O) groups excluding carboxylic acids is 1. The highest BCUT2D eigenvalue weighted by Gasteiger charge is 2.17. The summed E-state index contributed by atoms with van der Waals surface area (Å²) in [7, 11) is 3.15. The van der Waals surface area contributed by atoms with E-state index in [9.17, 15) is 9.18 Å². The Morgan fingerprint density at radius 3 is 2.68 bits per heavy atom. The molecule has 2 aromatic heterocycles. The number of ether oxygens (including phenoxy) is 3. The molecule has 31 heavy (non-hydrogen) atoms. The van der Waals surface area contributed by atoms with E-state index in [2.05, 4.69) is 9.97 Å². The maximum absolute atomic E-state index is 13.2. The maximum atomic E-state index is 13.2. The summed E-state index contributed by atoms with van der Waals surface area (Å²) < 4.78 is 30.9. The van der Waals surface area contributed by atoms with Crippen molar-refractivity contribution in [2.45, 2.75) is 6.61 Å². The summed E-state index contributed by atoms with van der Waals surface area (Å²) in [5, 5.41) is 2.54. The molecule has 0 aliphatic rings. The molecule has 0 aliphatic carbocycles. The zero-order valence-corrected chi connectivity index (χ0v) is 17.6. The average Bonchev–Trinajstić information content (AvgIpc) is 3.47. The lowest BCUT2D eigenvalue weighted by molar-refractivity contribution is 0.0459. The summed E-state index contributed by atoms with van der Waals surface area (Å²) in [5.41, 5.74) is 2.23. The van der Waals surface area contributed by atoms with Crippen LogP contribution in [-0.2, 0) is 11.3 Å². The number of esters is 1. The molecule has 0 bridgehead atoms. The highest BCUT2D eigenvalue weighted by molar-refractivity contribution is 7.13. The minimum absolute atomic E-state index is 0.00375. The van der Waals surface area contributed by atoms with Crippen molar-refractivity contribution >= 4 is 17.3 Å². The molecular weight excluding hydrogens is 421 g/mol. The smallest absolute Gasteiger partial charge is 0.357 e. The summed E-state index contributed by atoms with van der Waals surface area (Å²) in [6.45, 7) is -0.00375. The normalized spacial score (nSPS) is 10.7. The zero-order valence-electron chi connectivity index (χ0n) is 16.7. The number of benzene rings is 2. The van der Waals surface area contributed by atoms with Crippen molar-refractivity contribution in [3.63, 3.8) is 0 Å². The number of rotatable bonds is 7. The Morgan fingerprint density at radius 2 is 1.94 bits per heavy atom. The predicted molar refractivity (Wildman–Crippen MR) is 113 cm³/mol. The van der Waals surface area contributed by atoms with Gasteiger partial charge in [-0.2, -0.15) is 0 Å². The first-order valence-electron chi connectivity index (χ1n) is 9.22. The third kappa shape index (κ3) is 4.26. The van der Waals surface area contributed by atoms with Crippen LogP contribution in [0.3, 0.4) is 0 Å². The zero-order chi connectivity index (χ0) is 21.8. The number of aromatic nitrogens is 3. The fourth-order valence-electron chi connectivity index (χ4n) is 3.02. The van der Waals surface area contributed by atoms with Crippen molar-refractivity contribution in [2.75, 3.05) is 14.2 Å². The van der Waals surface area contributed by atoms with Gasteiger partial charge in [-0.05, 0) is 36.4 Å². The summed E-state index contributed by atoms with van der Waals surface area (Å²) in [5.74, 6) is 0.277. The van der Waals surface area contributed by atoms with Gasteiger partial charge in [0.1, 0.15) is 17.4 Å². The Bertz CT molecular complexity index is 1200. The van der Waals surface area contributed by atoms with Gasteiger partial charge in [-0.1, -0.05) is 6.07 Å². The first-order chi connectivity index (χ1) is 15.1. The van der Waals surface area contributed by atoms with Crippen molar-refractivity contribution in [2.24, 2.45) is 0 Å². The predicted octanol–water partition coefficient (Wildman–Crippen LogP) is 4.51. The summed E-state index contributed by atoms with van der Waals surface area (Å²) in [6, 6.07) is 11.3. The molecule has 2 aromatic carbocycles. The molecule has 4 rings (SSSR count). The lowest BCUT2D eigenvalue weighted by Crippen LogP contribution is -2.11. The number of methoxy groups -OCH3 is 2. The van der Waals surface area contributed by atoms with Crippen molar-refractivity contribution in [1.29, 1.82) is 0 Å². The van der Waals surface area contributed by atoms with E-state index in [0.29, 0.717) is 22.9 Å².